The maximum atomic E-state index is 11.5. The highest BCUT2D eigenvalue weighted by molar-refractivity contribution is 5.82. The molecule has 0 bridgehead atoms. The number of likely N-dealkylation sites (N-methyl/N-ethyl adjacent to an activating group) is 2. The number of carbonyl (C=O) groups is 1. The van der Waals surface area contributed by atoms with Crippen LogP contribution in [0, 0.1) is 0 Å². The quantitative estimate of drug-likeness (QED) is 0.775. The highest BCUT2D eigenvalue weighted by Gasteiger charge is 2.19. The van der Waals surface area contributed by atoms with Gasteiger partial charge in [-0.1, -0.05) is 13.3 Å². The largest absolute Gasteiger partial charge is 0.394 e. The van der Waals surface area contributed by atoms with Gasteiger partial charge in [-0.05, 0) is 13.3 Å². The molecule has 3 N–H and O–H groups in total. The molecule has 1 aromatic heterocycles. The van der Waals surface area contributed by atoms with Crippen LogP contribution in [0.15, 0.2) is 0 Å². The first-order chi connectivity index (χ1) is 8.54. The van der Waals surface area contributed by atoms with Crippen LogP contribution in [0.4, 0.5) is 11.5 Å². The molecule has 1 aromatic rings. The number of rotatable bonds is 6. The first-order valence-electron chi connectivity index (χ1n) is 6.31. The number of nitrogens with two attached hydrogens (primary N) is 1. The van der Waals surface area contributed by atoms with Crippen molar-refractivity contribution in [3.8, 4) is 0 Å². The van der Waals surface area contributed by atoms with Gasteiger partial charge >= 0.3 is 0 Å². The normalized spacial score (nSPS) is 10.4. The molecule has 0 radical (unpaired) electrons. The SMILES string of the molecule is CCCc1nn(C)c(N(CC)CC(=O)NC)c1N. The van der Waals surface area contributed by atoms with Gasteiger partial charge in [-0.2, -0.15) is 5.10 Å². The second-order valence-corrected chi connectivity index (χ2v) is 4.24. The molecule has 1 heterocycles. The zero-order valence-electron chi connectivity index (χ0n) is 11.7. The highest BCUT2D eigenvalue weighted by atomic mass is 16.1. The van der Waals surface area contributed by atoms with E-state index < -0.39 is 0 Å². The van der Waals surface area contributed by atoms with E-state index in [9.17, 15) is 4.79 Å². The van der Waals surface area contributed by atoms with Gasteiger partial charge in [-0.3, -0.25) is 9.48 Å². The highest BCUT2D eigenvalue weighted by Crippen LogP contribution is 2.26. The molecule has 0 aliphatic rings. The smallest absolute Gasteiger partial charge is 0.239 e. The zero-order valence-corrected chi connectivity index (χ0v) is 11.7. The molecule has 1 amide bonds. The summed E-state index contributed by atoms with van der Waals surface area (Å²) >= 11 is 0. The molecule has 1 rings (SSSR count). The Balaban J connectivity index is 3.01. The Kier molecular flexibility index (Phi) is 5.00. The van der Waals surface area contributed by atoms with E-state index in [4.69, 9.17) is 5.73 Å². The van der Waals surface area contributed by atoms with E-state index in [0.29, 0.717) is 18.8 Å². The Morgan fingerprint density at radius 3 is 2.67 bits per heavy atom. The van der Waals surface area contributed by atoms with Crippen molar-refractivity contribution in [2.45, 2.75) is 26.7 Å². The van der Waals surface area contributed by atoms with E-state index in [1.54, 1.807) is 11.7 Å². The summed E-state index contributed by atoms with van der Waals surface area (Å²) in [6.45, 7) is 5.09. The summed E-state index contributed by atoms with van der Waals surface area (Å²) in [6, 6.07) is 0. The summed E-state index contributed by atoms with van der Waals surface area (Å²) in [7, 11) is 3.49. The van der Waals surface area contributed by atoms with Crippen molar-refractivity contribution in [1.29, 1.82) is 0 Å². The van der Waals surface area contributed by atoms with Gasteiger partial charge in [0.2, 0.25) is 5.91 Å². The molecule has 6 heteroatoms. The van der Waals surface area contributed by atoms with Crippen molar-refractivity contribution in [3.63, 3.8) is 0 Å². The maximum Gasteiger partial charge on any atom is 0.239 e. The van der Waals surface area contributed by atoms with Crippen LogP contribution >= 0.6 is 0 Å². The second-order valence-electron chi connectivity index (χ2n) is 4.24. The Morgan fingerprint density at radius 1 is 1.50 bits per heavy atom. The van der Waals surface area contributed by atoms with Crippen LogP contribution in [0.25, 0.3) is 0 Å². The average Bonchev–Trinajstić information content (AvgIpc) is 2.62. The van der Waals surface area contributed by atoms with Crippen LogP contribution in [-0.4, -0.2) is 35.8 Å². The number of nitrogens with one attached hydrogen (secondary N) is 1. The Morgan fingerprint density at radius 2 is 2.17 bits per heavy atom. The fraction of sp³-hybridized carbons (Fsp3) is 0.667. The lowest BCUT2D eigenvalue weighted by atomic mass is 10.2. The van der Waals surface area contributed by atoms with Gasteiger partial charge in [-0.15, -0.1) is 0 Å². The van der Waals surface area contributed by atoms with Gasteiger partial charge in [0.05, 0.1) is 17.9 Å². The molecule has 0 saturated heterocycles. The number of nitrogen functional groups attached to an aromatic ring is 1. The molecule has 0 unspecified atom stereocenters. The Hall–Kier alpha value is -1.72. The number of nitrogens with zero attached hydrogens (tertiary/aromatic N) is 3. The number of amides is 1. The Bertz CT molecular complexity index is 413. The molecular weight excluding hydrogens is 230 g/mol. The number of hydrogen-bond acceptors (Lipinski definition) is 4. The number of hydrogen-bond donors (Lipinski definition) is 2. The maximum absolute atomic E-state index is 11.5. The van der Waals surface area contributed by atoms with Gasteiger partial charge in [0.15, 0.2) is 5.82 Å². The monoisotopic (exact) mass is 253 g/mol. The molecule has 0 fully saturated rings. The summed E-state index contributed by atoms with van der Waals surface area (Å²) in [5, 5.41) is 7.04. The minimum absolute atomic E-state index is 0.0329. The van der Waals surface area contributed by atoms with Gasteiger partial charge in [-0.25, -0.2) is 0 Å². The summed E-state index contributed by atoms with van der Waals surface area (Å²) in [4.78, 5) is 13.4. The molecular formula is C12H23N5O. The average molecular weight is 253 g/mol. The van der Waals surface area contributed by atoms with Crippen LogP contribution in [0.5, 0.6) is 0 Å². The fourth-order valence-corrected chi connectivity index (χ4v) is 1.97. The van der Waals surface area contributed by atoms with Crippen molar-refractivity contribution in [2.75, 3.05) is 30.8 Å². The molecule has 0 aliphatic carbocycles. The van der Waals surface area contributed by atoms with Crippen molar-refractivity contribution in [3.05, 3.63) is 5.69 Å². The van der Waals surface area contributed by atoms with E-state index in [1.165, 1.54) is 0 Å². The van der Waals surface area contributed by atoms with E-state index in [0.717, 1.165) is 24.4 Å². The molecule has 0 spiro atoms. The molecule has 0 saturated carbocycles. The predicted octanol–water partition coefficient (Wildman–Crippen LogP) is 0.527. The van der Waals surface area contributed by atoms with E-state index in [-0.39, 0.29) is 5.91 Å². The van der Waals surface area contributed by atoms with Crippen LogP contribution in [0.2, 0.25) is 0 Å². The van der Waals surface area contributed by atoms with Crippen LogP contribution < -0.4 is 16.0 Å². The first-order valence-corrected chi connectivity index (χ1v) is 6.31. The van der Waals surface area contributed by atoms with Crippen molar-refractivity contribution >= 4 is 17.4 Å². The lowest BCUT2D eigenvalue weighted by molar-refractivity contribution is -0.119. The number of aromatic nitrogens is 2. The minimum atomic E-state index is -0.0329. The van der Waals surface area contributed by atoms with Gasteiger partial charge < -0.3 is 16.0 Å². The molecule has 0 atom stereocenters. The van der Waals surface area contributed by atoms with Crippen LogP contribution in [0.1, 0.15) is 26.0 Å². The Labute approximate surface area is 108 Å². The van der Waals surface area contributed by atoms with Crippen LogP contribution in [-0.2, 0) is 18.3 Å². The predicted molar refractivity (Wildman–Crippen MR) is 73.6 cm³/mol. The molecule has 0 aliphatic heterocycles. The van der Waals surface area contributed by atoms with Crippen molar-refractivity contribution in [2.24, 2.45) is 7.05 Å². The summed E-state index contributed by atoms with van der Waals surface area (Å²) in [5.41, 5.74) is 7.72. The van der Waals surface area contributed by atoms with Gasteiger partial charge in [0.25, 0.3) is 0 Å². The van der Waals surface area contributed by atoms with Crippen LogP contribution in [0.3, 0.4) is 0 Å². The zero-order chi connectivity index (χ0) is 13.7. The van der Waals surface area contributed by atoms with Crippen molar-refractivity contribution in [1.82, 2.24) is 15.1 Å². The fourth-order valence-electron chi connectivity index (χ4n) is 1.97. The molecule has 102 valence electrons. The standard InChI is InChI=1S/C12H23N5O/c1-5-7-9-11(13)12(16(4)15-9)17(6-2)8-10(18)14-3/h5-8,13H2,1-4H3,(H,14,18). The molecule has 18 heavy (non-hydrogen) atoms. The third-order valence-corrected chi connectivity index (χ3v) is 2.91. The summed E-state index contributed by atoms with van der Waals surface area (Å²) < 4.78 is 1.76. The number of carbonyl (C=O) groups excluding carboxylic acids is 1. The van der Waals surface area contributed by atoms with E-state index in [1.807, 2.05) is 18.9 Å². The van der Waals surface area contributed by atoms with Gasteiger partial charge in [0, 0.05) is 20.6 Å². The van der Waals surface area contributed by atoms with E-state index in [2.05, 4.69) is 17.3 Å². The number of anilines is 2. The first kappa shape index (κ1) is 14.3. The summed E-state index contributed by atoms with van der Waals surface area (Å²) in [6.07, 6.45) is 1.86. The van der Waals surface area contributed by atoms with Gasteiger partial charge in [0.1, 0.15) is 0 Å². The van der Waals surface area contributed by atoms with E-state index >= 15 is 0 Å². The molecule has 0 aromatic carbocycles. The second kappa shape index (κ2) is 6.28. The topological polar surface area (TPSA) is 76.2 Å². The van der Waals surface area contributed by atoms with Crippen molar-refractivity contribution < 1.29 is 4.79 Å². The summed E-state index contributed by atoms with van der Waals surface area (Å²) in [5.74, 6) is 0.791. The third kappa shape index (κ3) is 2.94. The lowest BCUT2D eigenvalue weighted by Crippen LogP contribution is -2.36. The lowest BCUT2D eigenvalue weighted by Gasteiger charge is -2.22. The molecule has 6 nitrogen and oxygen atoms in total. The minimum Gasteiger partial charge on any atom is -0.394 e. The third-order valence-electron chi connectivity index (χ3n) is 2.91. The number of aryl methyl sites for hydroxylation is 2.